The van der Waals surface area contributed by atoms with Gasteiger partial charge in [-0.3, -0.25) is 0 Å². The summed E-state index contributed by atoms with van der Waals surface area (Å²) >= 11 is 0. The third-order valence-corrected chi connectivity index (χ3v) is 2.67. The SMILES string of the molecule is CC(O[Si](C)(C)C)C1=CC1(F)F. The molecule has 0 aromatic heterocycles. The Bertz CT molecular complexity index is 218. The summed E-state index contributed by atoms with van der Waals surface area (Å²) in [6.07, 6.45) is 0.560. The van der Waals surface area contributed by atoms with Crippen LogP contribution in [0.25, 0.3) is 0 Å². The van der Waals surface area contributed by atoms with Crippen LogP contribution >= 0.6 is 0 Å². The summed E-state index contributed by atoms with van der Waals surface area (Å²) in [5, 5.41) is 0. The van der Waals surface area contributed by atoms with Crippen molar-refractivity contribution in [3.63, 3.8) is 0 Å². The lowest BCUT2D eigenvalue weighted by Crippen LogP contribution is -2.31. The van der Waals surface area contributed by atoms with Gasteiger partial charge < -0.3 is 4.43 Å². The standard InChI is InChI=1S/C8H14F2OSi/c1-6(11-12(2,3)4)7-5-8(7,9)10/h5-6H,1-4H3. The van der Waals surface area contributed by atoms with Crippen molar-refractivity contribution in [1.29, 1.82) is 0 Å². The van der Waals surface area contributed by atoms with Crippen molar-refractivity contribution in [2.75, 3.05) is 0 Å². The number of alkyl halides is 2. The summed E-state index contributed by atoms with van der Waals surface area (Å²) in [4.78, 5) is 0. The van der Waals surface area contributed by atoms with Gasteiger partial charge in [0.15, 0.2) is 8.32 Å². The molecule has 4 heteroatoms. The summed E-state index contributed by atoms with van der Waals surface area (Å²) in [7, 11) is -1.68. The van der Waals surface area contributed by atoms with Crippen LogP contribution in [0.1, 0.15) is 6.92 Å². The van der Waals surface area contributed by atoms with Crippen molar-refractivity contribution in [1.82, 2.24) is 0 Å². The Morgan fingerprint density at radius 3 is 2.08 bits per heavy atom. The first kappa shape index (κ1) is 9.86. The lowest BCUT2D eigenvalue weighted by Gasteiger charge is -2.22. The van der Waals surface area contributed by atoms with Crippen LogP contribution in [0.3, 0.4) is 0 Å². The van der Waals surface area contributed by atoms with Crippen LogP contribution in [0.5, 0.6) is 0 Å². The van der Waals surface area contributed by atoms with Crippen molar-refractivity contribution in [2.45, 2.75) is 38.6 Å². The van der Waals surface area contributed by atoms with E-state index in [0.717, 1.165) is 6.08 Å². The predicted octanol–water partition coefficient (Wildman–Crippen LogP) is 2.80. The highest BCUT2D eigenvalue weighted by molar-refractivity contribution is 6.69. The van der Waals surface area contributed by atoms with Crippen molar-refractivity contribution in [3.05, 3.63) is 11.6 Å². The van der Waals surface area contributed by atoms with Crippen LogP contribution in [-0.4, -0.2) is 20.3 Å². The molecule has 0 aromatic carbocycles. The maximum absolute atomic E-state index is 12.5. The van der Waals surface area contributed by atoms with E-state index in [1.807, 2.05) is 19.6 Å². The van der Waals surface area contributed by atoms with Gasteiger partial charge in [-0.2, -0.15) is 8.78 Å². The van der Waals surface area contributed by atoms with Gasteiger partial charge in [0, 0.05) is 5.57 Å². The fraction of sp³-hybridized carbons (Fsp3) is 0.750. The molecule has 0 saturated heterocycles. The Kier molecular flexibility index (Phi) is 2.16. The molecule has 0 fully saturated rings. The molecular weight excluding hydrogens is 178 g/mol. The molecule has 70 valence electrons. The third kappa shape index (κ3) is 2.38. The normalized spacial score (nSPS) is 23.3. The zero-order valence-electron chi connectivity index (χ0n) is 7.82. The first-order valence-electron chi connectivity index (χ1n) is 4.01. The molecule has 0 aromatic rings. The fourth-order valence-corrected chi connectivity index (χ4v) is 2.33. The van der Waals surface area contributed by atoms with Gasteiger partial charge in [-0.15, -0.1) is 0 Å². The van der Waals surface area contributed by atoms with Gasteiger partial charge in [-0.05, 0) is 32.6 Å². The summed E-state index contributed by atoms with van der Waals surface area (Å²) in [5.74, 6) is -2.65. The first-order valence-corrected chi connectivity index (χ1v) is 7.42. The van der Waals surface area contributed by atoms with Gasteiger partial charge >= 0.3 is 0 Å². The van der Waals surface area contributed by atoms with Crippen LogP contribution in [0.2, 0.25) is 19.6 Å². The minimum absolute atomic E-state index is 0.143. The molecule has 0 radical (unpaired) electrons. The average Bonchev–Trinajstić information content (AvgIpc) is 2.35. The molecule has 1 unspecified atom stereocenters. The zero-order chi connectivity index (χ0) is 9.57. The number of rotatable bonds is 3. The molecule has 0 heterocycles. The van der Waals surface area contributed by atoms with Crippen molar-refractivity contribution >= 4 is 8.32 Å². The van der Waals surface area contributed by atoms with Crippen LogP contribution in [-0.2, 0) is 4.43 Å². The first-order chi connectivity index (χ1) is 5.22. The van der Waals surface area contributed by atoms with Gasteiger partial charge in [0.05, 0.1) is 6.10 Å². The third-order valence-electron chi connectivity index (χ3n) is 1.61. The largest absolute Gasteiger partial charge is 0.411 e. The highest BCUT2D eigenvalue weighted by Gasteiger charge is 2.49. The van der Waals surface area contributed by atoms with Crippen LogP contribution in [0.4, 0.5) is 8.78 Å². The van der Waals surface area contributed by atoms with E-state index in [-0.39, 0.29) is 5.57 Å². The maximum Gasteiger partial charge on any atom is 0.290 e. The number of hydrogen-bond acceptors (Lipinski definition) is 1. The minimum Gasteiger partial charge on any atom is -0.411 e. The highest BCUT2D eigenvalue weighted by Crippen LogP contribution is 2.43. The topological polar surface area (TPSA) is 9.23 Å². The van der Waals surface area contributed by atoms with E-state index < -0.39 is 20.3 Å². The van der Waals surface area contributed by atoms with Crippen LogP contribution in [0.15, 0.2) is 11.6 Å². The molecule has 0 aliphatic heterocycles. The summed E-state index contributed by atoms with van der Waals surface area (Å²) < 4.78 is 30.4. The Morgan fingerprint density at radius 2 is 1.83 bits per heavy atom. The second kappa shape index (κ2) is 2.63. The van der Waals surface area contributed by atoms with Gasteiger partial charge in [0.1, 0.15) is 0 Å². The Morgan fingerprint density at radius 1 is 1.42 bits per heavy atom. The maximum atomic E-state index is 12.5. The fourth-order valence-electron chi connectivity index (χ4n) is 1.14. The van der Waals surface area contributed by atoms with E-state index in [1.165, 1.54) is 0 Å². The van der Waals surface area contributed by atoms with E-state index in [1.54, 1.807) is 6.92 Å². The van der Waals surface area contributed by atoms with Gasteiger partial charge in [-0.1, -0.05) is 0 Å². The van der Waals surface area contributed by atoms with Gasteiger partial charge in [0.2, 0.25) is 0 Å². The van der Waals surface area contributed by atoms with Gasteiger partial charge in [-0.25, -0.2) is 0 Å². The van der Waals surface area contributed by atoms with E-state index in [4.69, 9.17) is 4.43 Å². The second-order valence-corrected chi connectivity index (χ2v) is 8.56. The molecule has 1 nitrogen and oxygen atoms in total. The molecule has 0 saturated carbocycles. The number of hydrogen-bond donors (Lipinski definition) is 0. The summed E-state index contributed by atoms with van der Waals surface area (Å²) in [5.41, 5.74) is 0.143. The quantitative estimate of drug-likeness (QED) is 0.493. The van der Waals surface area contributed by atoms with Gasteiger partial charge in [0.25, 0.3) is 5.92 Å². The molecule has 0 amide bonds. The average molecular weight is 192 g/mol. The Hall–Kier alpha value is -0.223. The van der Waals surface area contributed by atoms with E-state index in [9.17, 15) is 8.78 Å². The predicted molar refractivity (Wildman–Crippen MR) is 46.9 cm³/mol. The Balaban J connectivity index is 2.42. The molecule has 1 aliphatic rings. The molecule has 0 bridgehead atoms. The molecule has 1 atom stereocenters. The second-order valence-electron chi connectivity index (χ2n) is 4.10. The highest BCUT2D eigenvalue weighted by atomic mass is 28.4. The molecule has 1 rings (SSSR count). The Labute approximate surface area is 72.5 Å². The van der Waals surface area contributed by atoms with Crippen LogP contribution in [0, 0.1) is 0 Å². The van der Waals surface area contributed by atoms with Crippen molar-refractivity contribution in [2.24, 2.45) is 0 Å². The lowest BCUT2D eigenvalue weighted by atomic mass is 10.3. The van der Waals surface area contributed by atoms with E-state index in [2.05, 4.69) is 0 Å². The number of halogens is 2. The lowest BCUT2D eigenvalue weighted by molar-refractivity contribution is 0.118. The molecule has 1 aliphatic carbocycles. The monoisotopic (exact) mass is 192 g/mol. The van der Waals surface area contributed by atoms with E-state index in [0.29, 0.717) is 0 Å². The minimum atomic E-state index is -2.65. The van der Waals surface area contributed by atoms with Crippen molar-refractivity contribution in [3.8, 4) is 0 Å². The smallest absolute Gasteiger partial charge is 0.290 e. The van der Waals surface area contributed by atoms with Crippen LogP contribution < -0.4 is 0 Å². The summed E-state index contributed by atoms with van der Waals surface area (Å²) in [6.45, 7) is 7.66. The summed E-state index contributed by atoms with van der Waals surface area (Å²) in [6, 6.07) is 0. The molecule has 0 spiro atoms. The zero-order valence-corrected chi connectivity index (χ0v) is 8.82. The van der Waals surface area contributed by atoms with E-state index >= 15 is 0 Å². The molecule has 12 heavy (non-hydrogen) atoms. The number of allylic oxidation sites excluding steroid dienone is 1. The molecule has 0 N–H and O–H groups in total. The molecular formula is C8H14F2OSi. The van der Waals surface area contributed by atoms with Crippen molar-refractivity contribution < 1.29 is 13.2 Å².